The number of hydrogen-bond donors (Lipinski definition) is 1. The van der Waals surface area contributed by atoms with Gasteiger partial charge in [-0.05, 0) is 36.4 Å². The zero-order valence-corrected chi connectivity index (χ0v) is 12.8. The number of rotatable bonds is 7. The number of nitrogens with zero attached hydrogens (tertiary/aromatic N) is 1. The second-order valence-electron chi connectivity index (χ2n) is 4.60. The minimum absolute atomic E-state index is 0.129. The summed E-state index contributed by atoms with van der Waals surface area (Å²) in [6.07, 6.45) is -0.559. The van der Waals surface area contributed by atoms with Crippen LogP contribution in [0.1, 0.15) is 0 Å². The Labute approximate surface area is 134 Å². The lowest BCUT2D eigenvalue weighted by molar-refractivity contribution is 0.0511. The molecule has 0 spiro atoms. The minimum Gasteiger partial charge on any atom is -0.468 e. The third kappa shape index (κ3) is 4.98. The largest absolute Gasteiger partial charge is 0.468 e. The van der Waals surface area contributed by atoms with Crippen LogP contribution in [0.4, 0.5) is 10.5 Å². The van der Waals surface area contributed by atoms with Gasteiger partial charge in [0.25, 0.3) is 0 Å². The summed E-state index contributed by atoms with van der Waals surface area (Å²) in [5.74, 6) is 1.07. The Morgan fingerprint density at radius 1 is 1.04 bits per heavy atom. The van der Waals surface area contributed by atoms with Gasteiger partial charge in [-0.25, -0.2) is 4.79 Å². The van der Waals surface area contributed by atoms with Crippen molar-refractivity contribution in [3.63, 3.8) is 0 Å². The summed E-state index contributed by atoms with van der Waals surface area (Å²) >= 11 is 0. The van der Waals surface area contributed by atoms with Crippen molar-refractivity contribution < 1.29 is 24.1 Å². The maximum Gasteiger partial charge on any atom is 0.419 e. The highest BCUT2D eigenvalue weighted by atomic mass is 16.7. The van der Waals surface area contributed by atoms with Crippen molar-refractivity contribution in [1.29, 1.82) is 0 Å². The van der Waals surface area contributed by atoms with E-state index < -0.39 is 6.09 Å². The number of amides is 1. The van der Waals surface area contributed by atoms with E-state index in [1.165, 1.54) is 12.0 Å². The van der Waals surface area contributed by atoms with Gasteiger partial charge in [-0.15, -0.1) is 0 Å². The maximum atomic E-state index is 12.3. The molecule has 0 unspecified atom stereocenters. The first kappa shape index (κ1) is 16.8. The summed E-state index contributed by atoms with van der Waals surface area (Å²) in [5.41, 5.74) is 0.602. The van der Waals surface area contributed by atoms with Crippen molar-refractivity contribution in [2.24, 2.45) is 0 Å². The quantitative estimate of drug-likeness (QED) is 0.795. The summed E-state index contributed by atoms with van der Waals surface area (Å²) in [6.45, 7) is 0.103. The van der Waals surface area contributed by atoms with E-state index in [4.69, 9.17) is 14.2 Å². The van der Waals surface area contributed by atoms with Gasteiger partial charge in [0, 0.05) is 12.8 Å². The molecule has 0 fully saturated rings. The first-order chi connectivity index (χ1) is 11.2. The highest BCUT2D eigenvalue weighted by molar-refractivity contribution is 5.89. The molecule has 0 heterocycles. The molecule has 0 aromatic heterocycles. The average molecular weight is 317 g/mol. The Balaban J connectivity index is 2.09. The number of anilines is 1. The number of methoxy groups -OCH3 is 1. The van der Waals surface area contributed by atoms with Crippen LogP contribution in [-0.4, -0.2) is 38.3 Å². The third-order valence-electron chi connectivity index (χ3n) is 2.98. The Kier molecular flexibility index (Phi) is 6.40. The van der Waals surface area contributed by atoms with Crippen LogP contribution < -0.4 is 14.4 Å². The number of para-hydroxylation sites is 1. The molecule has 6 nitrogen and oxygen atoms in total. The van der Waals surface area contributed by atoms with E-state index in [0.29, 0.717) is 17.2 Å². The first-order valence-corrected chi connectivity index (χ1v) is 7.11. The topological polar surface area (TPSA) is 68.2 Å². The average Bonchev–Trinajstić information content (AvgIpc) is 2.59. The van der Waals surface area contributed by atoms with Gasteiger partial charge in [-0.3, -0.25) is 4.90 Å². The van der Waals surface area contributed by atoms with E-state index in [1.807, 2.05) is 6.07 Å². The van der Waals surface area contributed by atoms with Crippen molar-refractivity contribution in [2.45, 2.75) is 0 Å². The summed E-state index contributed by atoms with van der Waals surface area (Å²) in [4.78, 5) is 13.7. The lowest BCUT2D eigenvalue weighted by atomic mass is 10.3. The number of carbonyl (C=O) groups excluding carboxylic acids is 1. The van der Waals surface area contributed by atoms with Crippen LogP contribution in [-0.2, 0) is 4.74 Å². The molecule has 1 amide bonds. The van der Waals surface area contributed by atoms with E-state index in [-0.39, 0.29) is 19.9 Å². The van der Waals surface area contributed by atoms with Crippen molar-refractivity contribution in [1.82, 2.24) is 0 Å². The second-order valence-corrected chi connectivity index (χ2v) is 4.60. The van der Waals surface area contributed by atoms with Gasteiger partial charge >= 0.3 is 6.09 Å². The summed E-state index contributed by atoms with van der Waals surface area (Å²) < 4.78 is 15.4. The highest BCUT2D eigenvalue weighted by Crippen LogP contribution is 2.21. The fourth-order valence-corrected chi connectivity index (χ4v) is 1.92. The molecule has 0 aliphatic carbocycles. The number of hydrogen-bond acceptors (Lipinski definition) is 5. The van der Waals surface area contributed by atoms with E-state index in [9.17, 15) is 9.90 Å². The molecule has 1 N–H and O–H groups in total. The zero-order chi connectivity index (χ0) is 16.5. The van der Waals surface area contributed by atoms with Crippen LogP contribution in [0, 0.1) is 0 Å². The monoisotopic (exact) mass is 317 g/mol. The second kappa shape index (κ2) is 8.77. The smallest absolute Gasteiger partial charge is 0.419 e. The van der Waals surface area contributed by atoms with E-state index in [2.05, 4.69) is 0 Å². The number of benzene rings is 2. The van der Waals surface area contributed by atoms with Gasteiger partial charge in [-0.2, -0.15) is 0 Å². The van der Waals surface area contributed by atoms with Crippen LogP contribution in [0.25, 0.3) is 0 Å². The Morgan fingerprint density at radius 2 is 1.74 bits per heavy atom. The van der Waals surface area contributed by atoms with E-state index in [0.717, 1.165) is 0 Å². The van der Waals surface area contributed by atoms with Gasteiger partial charge in [0.05, 0.1) is 13.2 Å². The normalized spacial score (nSPS) is 10.2. The minimum atomic E-state index is -0.559. The molecule has 0 saturated heterocycles. The number of ether oxygens (including phenoxy) is 3. The van der Waals surface area contributed by atoms with Crippen LogP contribution in [0.2, 0.25) is 0 Å². The molecule has 0 radical (unpaired) electrons. The molecule has 0 saturated carbocycles. The number of carbonyl (C=O) groups is 1. The maximum absolute atomic E-state index is 12.3. The lowest BCUT2D eigenvalue weighted by Crippen LogP contribution is -2.35. The van der Waals surface area contributed by atoms with Crippen LogP contribution in [0.5, 0.6) is 11.5 Å². The van der Waals surface area contributed by atoms with Crippen molar-refractivity contribution in [3.05, 3.63) is 54.6 Å². The van der Waals surface area contributed by atoms with Gasteiger partial charge in [0.1, 0.15) is 11.5 Å². The molecule has 6 heteroatoms. The van der Waals surface area contributed by atoms with Crippen LogP contribution in [0.15, 0.2) is 54.6 Å². The fraction of sp³-hybridized carbons (Fsp3) is 0.235. The number of aliphatic hydroxyl groups is 1. The molecule has 2 aromatic carbocycles. The molecule has 2 aromatic rings. The van der Waals surface area contributed by atoms with Crippen LogP contribution in [0.3, 0.4) is 0 Å². The van der Waals surface area contributed by atoms with Gasteiger partial charge in [0.2, 0.25) is 0 Å². The molecular formula is C17H19NO5. The molecule has 0 bridgehead atoms. The molecule has 0 aliphatic rings. The summed E-state index contributed by atoms with van der Waals surface area (Å²) in [6, 6.07) is 15.6. The third-order valence-corrected chi connectivity index (χ3v) is 2.98. The van der Waals surface area contributed by atoms with E-state index in [1.54, 1.807) is 48.5 Å². The van der Waals surface area contributed by atoms with E-state index >= 15 is 0 Å². The predicted octanol–water partition coefficient (Wildman–Crippen LogP) is 2.67. The zero-order valence-electron chi connectivity index (χ0n) is 12.8. The highest BCUT2D eigenvalue weighted by Gasteiger charge is 2.17. The first-order valence-electron chi connectivity index (χ1n) is 7.11. The molecule has 122 valence electrons. The Hall–Kier alpha value is -2.57. The van der Waals surface area contributed by atoms with Crippen molar-refractivity contribution >= 4 is 11.8 Å². The Morgan fingerprint density at radius 3 is 2.35 bits per heavy atom. The fourth-order valence-electron chi connectivity index (χ4n) is 1.92. The van der Waals surface area contributed by atoms with Crippen molar-refractivity contribution in [3.8, 4) is 11.5 Å². The lowest BCUT2D eigenvalue weighted by Gasteiger charge is -2.21. The number of aliphatic hydroxyl groups excluding tert-OH is 1. The summed E-state index contributed by atoms with van der Waals surface area (Å²) in [5, 5.41) is 9.19. The predicted molar refractivity (Wildman–Crippen MR) is 85.8 cm³/mol. The van der Waals surface area contributed by atoms with Crippen molar-refractivity contribution in [2.75, 3.05) is 32.0 Å². The summed E-state index contributed by atoms with van der Waals surface area (Å²) in [7, 11) is 1.54. The Bertz CT molecular complexity index is 600. The van der Waals surface area contributed by atoms with Gasteiger partial charge < -0.3 is 19.3 Å². The molecular weight excluding hydrogens is 298 g/mol. The molecule has 23 heavy (non-hydrogen) atoms. The molecule has 0 aliphatic heterocycles. The van der Waals surface area contributed by atoms with Crippen LogP contribution >= 0.6 is 0 Å². The van der Waals surface area contributed by atoms with Gasteiger partial charge in [0.15, 0.2) is 6.79 Å². The molecule has 0 atom stereocenters. The SMILES string of the molecule is COCOc1ccc(N(CCO)C(=O)Oc2ccccc2)cc1. The molecule has 2 rings (SSSR count). The standard InChI is InChI=1S/C17H19NO5/c1-21-13-22-15-9-7-14(8-10-15)18(11-12-19)17(20)23-16-5-3-2-4-6-16/h2-10,19H,11-13H2,1H3. The van der Waals surface area contributed by atoms with Gasteiger partial charge in [-0.1, -0.05) is 18.2 Å².